The molecule has 0 unspecified atom stereocenters. The molecule has 0 aromatic carbocycles. The van der Waals surface area contributed by atoms with Crippen molar-refractivity contribution in [1.29, 1.82) is 0 Å². The number of ketones is 1. The molecule has 1 fully saturated rings. The zero-order chi connectivity index (χ0) is 40.7. The number of hydrogen-bond donors (Lipinski definition) is 4. The van der Waals surface area contributed by atoms with Crippen molar-refractivity contribution in [3.8, 4) is 0 Å². The van der Waals surface area contributed by atoms with Crippen molar-refractivity contribution in [1.82, 2.24) is 0 Å². The number of carbonyl (C=O) groups is 3. The Morgan fingerprint density at radius 2 is 1.25 bits per heavy atom. The summed E-state index contributed by atoms with van der Waals surface area (Å²) in [6, 6.07) is 0. The first-order valence-corrected chi connectivity index (χ1v) is 23.5. The number of phosphoric ester groups is 1. The summed E-state index contributed by atoms with van der Waals surface area (Å²) in [4.78, 5) is 55.7. The largest absolute Gasteiger partial charge is 0.469 e. The minimum Gasteiger partial charge on any atom is -0.462 e. The van der Waals surface area contributed by atoms with Gasteiger partial charge in [0.1, 0.15) is 12.4 Å². The van der Waals surface area contributed by atoms with Crippen molar-refractivity contribution in [3.63, 3.8) is 0 Å². The van der Waals surface area contributed by atoms with Crippen molar-refractivity contribution in [2.75, 3.05) is 13.2 Å². The molecule has 1 saturated carbocycles. The lowest BCUT2D eigenvalue weighted by Crippen LogP contribution is -2.29. The average molecular weight is 803 g/mol. The van der Waals surface area contributed by atoms with Crippen LogP contribution < -0.4 is 0 Å². The fraction of sp³-hybridized carbons (Fsp3) is 0.884. The molecule has 0 aromatic heterocycles. The van der Waals surface area contributed by atoms with E-state index < -0.39 is 44.7 Å². The van der Waals surface area contributed by atoms with E-state index in [1.54, 1.807) is 12.2 Å². The molecule has 4 N–H and O–H groups in total. The van der Waals surface area contributed by atoms with Gasteiger partial charge in [-0.15, -0.1) is 0 Å². The van der Waals surface area contributed by atoms with Crippen LogP contribution in [-0.4, -0.2) is 69.2 Å². The molecule has 0 aromatic rings. The van der Waals surface area contributed by atoms with Gasteiger partial charge in [-0.05, 0) is 31.6 Å². The van der Waals surface area contributed by atoms with Gasteiger partial charge >= 0.3 is 19.8 Å². The Labute approximate surface area is 333 Å². The number of hydrogen-bond acceptors (Lipinski definition) is 9. The summed E-state index contributed by atoms with van der Waals surface area (Å²) < 4.78 is 26.4. The van der Waals surface area contributed by atoms with Crippen molar-refractivity contribution in [2.45, 2.75) is 212 Å². The number of phosphoric acid groups is 1. The van der Waals surface area contributed by atoms with Crippen LogP contribution in [0.4, 0.5) is 0 Å². The van der Waals surface area contributed by atoms with Gasteiger partial charge in [-0.25, -0.2) is 4.57 Å². The first-order chi connectivity index (χ1) is 26.3. The van der Waals surface area contributed by atoms with Gasteiger partial charge in [0, 0.05) is 31.1 Å². The number of aliphatic hydroxyl groups excluding tert-OH is 2. The van der Waals surface area contributed by atoms with E-state index in [0.29, 0.717) is 32.1 Å². The van der Waals surface area contributed by atoms with Crippen LogP contribution in [0.3, 0.4) is 0 Å². The fourth-order valence-electron chi connectivity index (χ4n) is 7.28. The van der Waals surface area contributed by atoms with Gasteiger partial charge in [-0.2, -0.15) is 0 Å². The average Bonchev–Trinajstić information content (AvgIpc) is 3.39. The van der Waals surface area contributed by atoms with E-state index in [4.69, 9.17) is 19.3 Å². The Hall–Kier alpha value is -1.62. The zero-order valence-electron chi connectivity index (χ0n) is 34.7. The van der Waals surface area contributed by atoms with E-state index >= 15 is 0 Å². The van der Waals surface area contributed by atoms with E-state index in [1.807, 2.05) is 0 Å². The summed E-state index contributed by atoms with van der Waals surface area (Å²) in [6.45, 7) is 5.73. The molecule has 322 valence electrons. The molecular weight excluding hydrogens is 723 g/mol. The highest BCUT2D eigenvalue weighted by Crippen LogP contribution is 2.36. The van der Waals surface area contributed by atoms with Crippen LogP contribution in [0.5, 0.6) is 0 Å². The second-order valence-electron chi connectivity index (χ2n) is 16.3. The van der Waals surface area contributed by atoms with Crippen LogP contribution in [0.1, 0.15) is 194 Å². The summed E-state index contributed by atoms with van der Waals surface area (Å²) in [5.74, 6) is -0.770. The second kappa shape index (κ2) is 32.3. The molecule has 1 rings (SSSR count). The summed E-state index contributed by atoms with van der Waals surface area (Å²) in [5.41, 5.74) is 0. The van der Waals surface area contributed by atoms with E-state index in [9.17, 15) is 29.2 Å². The van der Waals surface area contributed by atoms with Crippen molar-refractivity contribution < 1.29 is 52.9 Å². The topological polar surface area (TPSA) is 177 Å². The zero-order valence-corrected chi connectivity index (χ0v) is 35.6. The highest BCUT2D eigenvalue weighted by molar-refractivity contribution is 7.46. The lowest BCUT2D eigenvalue weighted by molar-refractivity contribution is -0.161. The molecule has 0 amide bonds. The fourth-order valence-corrected chi connectivity index (χ4v) is 7.64. The molecule has 11 nitrogen and oxygen atoms in total. The van der Waals surface area contributed by atoms with E-state index in [-0.39, 0.29) is 43.5 Å². The standard InChI is InChI=1S/C43H79O11P/c1-4-5-20-26-36(44)30-31-39-38(40(45)32-41(39)46)27-22-18-19-24-29-43(48)54-37(34-53-55(49,50)51)33-52-42(47)28-23-17-15-13-11-9-7-6-8-10-12-14-16-21-25-35(2)3/h30-31,35-39,41,44,46H,4-29,32-34H2,1-3H3,(H2,49,50,51)/b31-30+/t36-,37+,38+,39+,41+/m0/s1. The van der Waals surface area contributed by atoms with Crippen LogP contribution in [0, 0.1) is 17.8 Å². The molecule has 1 aliphatic carbocycles. The van der Waals surface area contributed by atoms with Crippen molar-refractivity contribution in [3.05, 3.63) is 12.2 Å². The van der Waals surface area contributed by atoms with Crippen LogP contribution in [0.15, 0.2) is 12.2 Å². The number of unbranched alkanes of at least 4 members (excludes halogenated alkanes) is 18. The Morgan fingerprint density at radius 3 is 1.80 bits per heavy atom. The highest BCUT2D eigenvalue weighted by atomic mass is 31.2. The lowest BCUT2D eigenvalue weighted by Gasteiger charge is -2.19. The summed E-state index contributed by atoms with van der Waals surface area (Å²) >= 11 is 0. The van der Waals surface area contributed by atoms with Gasteiger partial charge in [0.25, 0.3) is 0 Å². The van der Waals surface area contributed by atoms with E-state index in [1.165, 1.54) is 70.6 Å². The predicted molar refractivity (Wildman–Crippen MR) is 217 cm³/mol. The number of Topliss-reactive ketones (excluding diaryl/α,β-unsaturated/α-hetero) is 1. The highest BCUT2D eigenvalue weighted by Gasteiger charge is 2.39. The lowest BCUT2D eigenvalue weighted by atomic mass is 9.88. The molecule has 0 heterocycles. The molecule has 5 atom stereocenters. The first kappa shape index (κ1) is 51.4. The van der Waals surface area contributed by atoms with Gasteiger partial charge in [0.15, 0.2) is 6.10 Å². The molecule has 1 aliphatic rings. The number of ether oxygens (including phenoxy) is 2. The van der Waals surface area contributed by atoms with Crippen molar-refractivity contribution >= 4 is 25.5 Å². The Morgan fingerprint density at radius 1 is 0.745 bits per heavy atom. The molecule has 12 heteroatoms. The van der Waals surface area contributed by atoms with Gasteiger partial charge in [0.2, 0.25) is 0 Å². The molecule has 0 aliphatic heterocycles. The molecule has 0 saturated heterocycles. The van der Waals surface area contributed by atoms with Gasteiger partial charge in [0.05, 0.1) is 18.8 Å². The number of carbonyl (C=O) groups excluding carboxylic acids is 3. The molecule has 0 spiro atoms. The Balaban J connectivity index is 2.23. The van der Waals surface area contributed by atoms with Gasteiger partial charge in [-0.1, -0.05) is 161 Å². The number of esters is 2. The van der Waals surface area contributed by atoms with Crippen LogP contribution in [-0.2, 0) is 32.9 Å². The maximum atomic E-state index is 12.5. The maximum Gasteiger partial charge on any atom is 0.469 e. The minimum atomic E-state index is -4.82. The smallest absolute Gasteiger partial charge is 0.462 e. The molecule has 0 bridgehead atoms. The SMILES string of the molecule is CCCCC[C@H](O)/C=C/[C@H]1[C@H](O)CC(=O)[C@@H]1CCCCCCC(=O)O[C@H](COC(=O)CCCCCCCCCCCCCCCCC(C)C)COP(=O)(O)O. The molecule has 0 radical (unpaired) electrons. The maximum absolute atomic E-state index is 12.5. The Kier molecular flexibility index (Phi) is 30.2. The van der Waals surface area contributed by atoms with E-state index in [2.05, 4.69) is 25.3 Å². The quantitative estimate of drug-likeness (QED) is 0.0205. The summed E-state index contributed by atoms with van der Waals surface area (Å²) in [5, 5.41) is 20.7. The van der Waals surface area contributed by atoms with Gasteiger partial charge in [-0.3, -0.25) is 18.9 Å². The number of aliphatic hydroxyl groups is 2. The third-order valence-electron chi connectivity index (χ3n) is 10.6. The van der Waals surface area contributed by atoms with Crippen molar-refractivity contribution in [2.24, 2.45) is 17.8 Å². The minimum absolute atomic E-state index is 0.0373. The van der Waals surface area contributed by atoms with Gasteiger partial charge < -0.3 is 29.5 Å². The van der Waals surface area contributed by atoms with E-state index in [0.717, 1.165) is 57.3 Å². The molecular formula is C43H79O11P. The summed E-state index contributed by atoms with van der Waals surface area (Å²) in [6.07, 6.45) is 26.9. The first-order valence-electron chi connectivity index (χ1n) is 21.9. The third-order valence-corrected chi connectivity index (χ3v) is 11.1. The monoisotopic (exact) mass is 803 g/mol. The predicted octanol–water partition coefficient (Wildman–Crippen LogP) is 9.85. The third kappa shape index (κ3) is 29.3. The second-order valence-corrected chi connectivity index (χ2v) is 17.5. The van der Waals surface area contributed by atoms with Crippen LogP contribution >= 0.6 is 7.82 Å². The normalized spacial score (nSPS) is 18.7. The summed E-state index contributed by atoms with van der Waals surface area (Å²) in [7, 11) is -4.82. The van der Waals surface area contributed by atoms with Crippen LogP contribution in [0.2, 0.25) is 0 Å². The Bertz CT molecular complexity index is 1070. The number of rotatable bonds is 36. The molecule has 55 heavy (non-hydrogen) atoms. The van der Waals surface area contributed by atoms with Crippen LogP contribution in [0.25, 0.3) is 0 Å².